The molecule has 0 atom stereocenters. The number of aromatic nitrogens is 2. The van der Waals surface area contributed by atoms with Crippen molar-refractivity contribution in [2.45, 2.75) is 12.8 Å². The van der Waals surface area contributed by atoms with Gasteiger partial charge in [0.05, 0.1) is 34.4 Å². The van der Waals surface area contributed by atoms with E-state index >= 15 is 0 Å². The van der Waals surface area contributed by atoms with Crippen molar-refractivity contribution < 1.29 is 31.8 Å². The first-order valence-corrected chi connectivity index (χ1v) is 11.0. The maximum Gasteiger partial charge on any atom is 0.232 e. The Morgan fingerprint density at radius 3 is 2.72 bits per heavy atom. The summed E-state index contributed by atoms with van der Waals surface area (Å²) < 4.78 is 57.3. The van der Waals surface area contributed by atoms with E-state index in [9.17, 15) is 22.0 Å². The van der Waals surface area contributed by atoms with Crippen molar-refractivity contribution in [1.29, 1.82) is 0 Å². The molecule has 3 aromatic rings. The molecule has 0 fully saturated rings. The van der Waals surface area contributed by atoms with Gasteiger partial charge in [0.2, 0.25) is 16.8 Å². The number of aliphatic hydroxyl groups excluding tert-OH is 1. The molecule has 1 heterocycles. The fourth-order valence-electron chi connectivity index (χ4n) is 2.99. The Morgan fingerprint density at radius 1 is 1.22 bits per heavy atom. The number of nitrogens with one attached hydrogen (secondary N) is 1. The minimum absolute atomic E-state index is 0.00647. The third-order valence-electron chi connectivity index (χ3n) is 4.45. The number of aryl methyl sites for hydroxylation is 1. The van der Waals surface area contributed by atoms with E-state index in [-0.39, 0.29) is 60.1 Å². The first-order valence-electron chi connectivity index (χ1n) is 9.41. The van der Waals surface area contributed by atoms with Crippen LogP contribution in [0.15, 0.2) is 30.5 Å². The number of ketones is 1. The zero-order chi connectivity index (χ0) is 23.3. The van der Waals surface area contributed by atoms with Crippen LogP contribution in [0.2, 0.25) is 5.02 Å². The number of carbonyl (C=O) groups excluding carboxylic acids is 1. The van der Waals surface area contributed by atoms with Gasteiger partial charge in [-0.1, -0.05) is 11.6 Å². The Bertz CT molecular complexity index is 1230. The number of ether oxygens (including phenoxy) is 1. The van der Waals surface area contributed by atoms with Crippen LogP contribution in [0.25, 0.3) is 11.0 Å². The summed E-state index contributed by atoms with van der Waals surface area (Å²) in [5.74, 6) is -3.34. The molecule has 3 rings (SSSR count). The van der Waals surface area contributed by atoms with Gasteiger partial charge in [0.1, 0.15) is 6.61 Å². The van der Waals surface area contributed by atoms with Crippen LogP contribution in [0.1, 0.15) is 27.9 Å². The van der Waals surface area contributed by atoms with Gasteiger partial charge in [0, 0.05) is 12.1 Å². The monoisotopic (exact) mass is 485 g/mol. The van der Waals surface area contributed by atoms with Crippen molar-refractivity contribution in [3.63, 3.8) is 0 Å². The SMILES string of the molecule is O=C(c1ccc2ncc(OCCO)nc2c1)c1c(F)c(F)cc(CCCN[SH](=O)=O)c1Cl. The molecule has 0 spiro atoms. The first kappa shape index (κ1) is 23.9. The van der Waals surface area contributed by atoms with Crippen LogP contribution in [-0.2, 0) is 17.3 Å². The predicted molar refractivity (Wildman–Crippen MR) is 114 cm³/mol. The minimum atomic E-state index is -2.77. The van der Waals surface area contributed by atoms with Crippen LogP contribution in [0, 0.1) is 11.6 Å². The summed E-state index contributed by atoms with van der Waals surface area (Å²) in [6, 6.07) is 5.13. The van der Waals surface area contributed by atoms with Gasteiger partial charge < -0.3 is 9.84 Å². The van der Waals surface area contributed by atoms with Gasteiger partial charge in [-0.3, -0.25) is 4.79 Å². The molecule has 0 unspecified atom stereocenters. The number of nitrogens with zero attached hydrogens (tertiary/aromatic N) is 2. The molecule has 0 bridgehead atoms. The molecule has 170 valence electrons. The highest BCUT2D eigenvalue weighted by Gasteiger charge is 2.24. The average molecular weight is 486 g/mol. The molecule has 2 aromatic carbocycles. The van der Waals surface area contributed by atoms with Crippen LogP contribution >= 0.6 is 11.6 Å². The number of hydrogen-bond acceptors (Lipinski definition) is 7. The molecule has 0 saturated heterocycles. The number of benzene rings is 2. The summed E-state index contributed by atoms with van der Waals surface area (Å²) in [6.45, 7) is -0.128. The number of hydrogen-bond donors (Lipinski definition) is 3. The van der Waals surface area contributed by atoms with E-state index in [1.807, 2.05) is 0 Å². The van der Waals surface area contributed by atoms with Crippen molar-refractivity contribution >= 4 is 39.3 Å². The first-order chi connectivity index (χ1) is 15.3. The number of halogens is 3. The number of thiol groups is 1. The summed E-state index contributed by atoms with van der Waals surface area (Å²) in [6.07, 6.45) is 1.75. The van der Waals surface area contributed by atoms with Crippen molar-refractivity contribution in [3.05, 3.63) is 63.8 Å². The Morgan fingerprint density at radius 2 is 2.00 bits per heavy atom. The normalized spacial score (nSPS) is 11.3. The summed E-state index contributed by atoms with van der Waals surface area (Å²) in [7, 11) is -2.77. The van der Waals surface area contributed by atoms with E-state index in [1.54, 1.807) is 0 Å². The van der Waals surface area contributed by atoms with E-state index in [0.717, 1.165) is 6.07 Å². The molecule has 0 aliphatic carbocycles. The van der Waals surface area contributed by atoms with Crippen LogP contribution in [0.5, 0.6) is 5.88 Å². The smallest absolute Gasteiger partial charge is 0.232 e. The van der Waals surface area contributed by atoms with Crippen molar-refractivity contribution in [2.24, 2.45) is 0 Å². The van der Waals surface area contributed by atoms with E-state index in [2.05, 4.69) is 14.7 Å². The molecule has 0 aliphatic heterocycles. The molecular formula is C20H18ClF2N3O5S. The van der Waals surface area contributed by atoms with Crippen LogP contribution < -0.4 is 9.46 Å². The van der Waals surface area contributed by atoms with Gasteiger partial charge in [-0.05, 0) is 42.7 Å². The van der Waals surface area contributed by atoms with Crippen molar-refractivity contribution in [3.8, 4) is 5.88 Å². The number of carbonyl (C=O) groups is 1. The molecule has 12 heteroatoms. The lowest BCUT2D eigenvalue weighted by atomic mass is 9.98. The molecule has 0 saturated carbocycles. The van der Waals surface area contributed by atoms with Crippen LogP contribution in [0.4, 0.5) is 8.78 Å². The van der Waals surface area contributed by atoms with Crippen molar-refractivity contribution in [1.82, 2.24) is 14.7 Å². The Labute approximate surface area is 188 Å². The minimum Gasteiger partial charge on any atom is -0.474 e. The molecular weight excluding hydrogens is 468 g/mol. The molecule has 8 nitrogen and oxygen atoms in total. The summed E-state index contributed by atoms with van der Waals surface area (Å²) in [5.41, 5.74) is 0.279. The summed E-state index contributed by atoms with van der Waals surface area (Å²) in [4.78, 5) is 21.3. The largest absolute Gasteiger partial charge is 0.474 e. The topological polar surface area (TPSA) is 118 Å². The maximum absolute atomic E-state index is 14.5. The number of rotatable bonds is 10. The van der Waals surface area contributed by atoms with E-state index in [4.69, 9.17) is 21.4 Å². The van der Waals surface area contributed by atoms with Crippen LogP contribution in [-0.4, -0.2) is 49.0 Å². The van der Waals surface area contributed by atoms with Gasteiger partial charge in [-0.25, -0.2) is 31.9 Å². The molecule has 2 N–H and O–H groups in total. The lowest BCUT2D eigenvalue weighted by Gasteiger charge is -2.12. The third kappa shape index (κ3) is 5.54. The van der Waals surface area contributed by atoms with Gasteiger partial charge in [-0.15, -0.1) is 0 Å². The second-order valence-electron chi connectivity index (χ2n) is 6.60. The highest BCUT2D eigenvalue weighted by atomic mass is 35.5. The quantitative estimate of drug-likeness (QED) is 0.174. The van der Waals surface area contributed by atoms with E-state index in [1.165, 1.54) is 24.4 Å². The summed E-state index contributed by atoms with van der Waals surface area (Å²) >= 11 is 6.23. The number of fused-ring (bicyclic) bond motifs is 1. The Hall–Kier alpha value is -2.73. The Balaban J connectivity index is 1.94. The zero-order valence-corrected chi connectivity index (χ0v) is 18.1. The molecule has 32 heavy (non-hydrogen) atoms. The van der Waals surface area contributed by atoms with E-state index in [0.29, 0.717) is 5.52 Å². The fraction of sp³-hybridized carbons (Fsp3) is 0.250. The highest BCUT2D eigenvalue weighted by Crippen LogP contribution is 2.30. The second kappa shape index (κ2) is 10.7. The average Bonchev–Trinajstić information content (AvgIpc) is 2.77. The third-order valence-corrected chi connectivity index (χ3v) is 5.36. The summed E-state index contributed by atoms with van der Waals surface area (Å²) in [5, 5.41) is 8.60. The molecule has 0 aliphatic rings. The van der Waals surface area contributed by atoms with Gasteiger partial charge >= 0.3 is 0 Å². The predicted octanol–water partition coefficient (Wildman–Crippen LogP) is 2.21. The Kier molecular flexibility index (Phi) is 8.02. The van der Waals surface area contributed by atoms with Gasteiger partial charge in [-0.2, -0.15) is 0 Å². The van der Waals surface area contributed by atoms with Crippen LogP contribution in [0.3, 0.4) is 0 Å². The van der Waals surface area contributed by atoms with E-state index < -0.39 is 33.9 Å². The second-order valence-corrected chi connectivity index (χ2v) is 7.81. The molecule has 0 radical (unpaired) electrons. The lowest BCUT2D eigenvalue weighted by Crippen LogP contribution is -2.14. The lowest BCUT2D eigenvalue weighted by molar-refractivity contribution is 0.103. The molecule has 0 amide bonds. The highest BCUT2D eigenvalue weighted by molar-refractivity contribution is 7.70. The number of aliphatic hydroxyl groups is 1. The molecule has 1 aromatic heterocycles. The van der Waals surface area contributed by atoms with Crippen molar-refractivity contribution in [2.75, 3.05) is 19.8 Å². The maximum atomic E-state index is 14.5. The van der Waals surface area contributed by atoms with Gasteiger partial charge in [0.15, 0.2) is 17.4 Å². The standard InChI is InChI=1S/C20H18ClF2N3O5S/c21-18-11(2-1-5-25-32(29)30)8-13(22)19(23)17(18)20(28)12-3-4-14-15(9-12)26-16(10-24-14)31-7-6-27/h3-4,8-10,27,32H,1-2,5-7H2,(H,25,29,30). The van der Waals surface area contributed by atoms with Gasteiger partial charge in [0.25, 0.3) is 0 Å². The fourth-order valence-corrected chi connectivity index (χ4v) is 3.64. The zero-order valence-electron chi connectivity index (χ0n) is 16.5.